The Labute approximate surface area is 108 Å². The van der Waals surface area contributed by atoms with E-state index in [-0.39, 0.29) is 5.69 Å². The molecule has 6 nitrogen and oxygen atoms in total. The maximum atomic E-state index is 11.2. The Hall–Kier alpha value is -2.63. The van der Waals surface area contributed by atoms with E-state index in [1.54, 1.807) is 24.3 Å². The first-order chi connectivity index (χ1) is 9.10. The molecule has 2 aromatic rings. The van der Waals surface area contributed by atoms with Crippen LogP contribution >= 0.6 is 0 Å². The summed E-state index contributed by atoms with van der Waals surface area (Å²) in [4.78, 5) is 21.9. The summed E-state index contributed by atoms with van der Waals surface area (Å²) in [6, 6.07) is 8.13. The van der Waals surface area contributed by atoms with Gasteiger partial charge >= 0.3 is 11.9 Å². The van der Waals surface area contributed by atoms with Crippen LogP contribution in [-0.4, -0.2) is 29.3 Å². The third-order valence-electron chi connectivity index (χ3n) is 2.53. The highest BCUT2D eigenvalue weighted by atomic mass is 16.5. The van der Waals surface area contributed by atoms with Crippen LogP contribution in [0.1, 0.15) is 32.2 Å². The van der Waals surface area contributed by atoms with Crippen molar-refractivity contribution in [2.24, 2.45) is 0 Å². The number of rotatable bonds is 4. The largest absolute Gasteiger partial charge is 0.476 e. The topological polar surface area (TPSA) is 89.6 Å². The van der Waals surface area contributed by atoms with Gasteiger partial charge in [-0.15, -0.1) is 0 Å². The molecule has 0 bridgehead atoms. The summed E-state index contributed by atoms with van der Waals surface area (Å²) in [5, 5.41) is 12.1. The van der Waals surface area contributed by atoms with E-state index in [9.17, 15) is 9.59 Å². The van der Waals surface area contributed by atoms with Crippen molar-refractivity contribution in [2.75, 3.05) is 7.11 Å². The van der Waals surface area contributed by atoms with Crippen molar-refractivity contribution in [3.05, 3.63) is 52.9 Å². The number of aromatic carboxylic acids is 1. The van der Waals surface area contributed by atoms with E-state index in [4.69, 9.17) is 9.63 Å². The van der Waals surface area contributed by atoms with Crippen LogP contribution in [0.15, 0.2) is 34.9 Å². The number of aromatic nitrogens is 1. The highest BCUT2D eigenvalue weighted by molar-refractivity contribution is 5.89. The smallest absolute Gasteiger partial charge is 0.358 e. The number of nitrogens with zero attached hydrogens (tertiary/aromatic N) is 1. The van der Waals surface area contributed by atoms with E-state index in [0.717, 1.165) is 5.56 Å². The fraction of sp³-hybridized carbons (Fsp3) is 0.154. The molecule has 0 aliphatic carbocycles. The second-order valence-corrected chi connectivity index (χ2v) is 3.85. The minimum Gasteiger partial charge on any atom is -0.476 e. The Morgan fingerprint density at radius 1 is 1.32 bits per heavy atom. The van der Waals surface area contributed by atoms with Crippen LogP contribution in [0.3, 0.4) is 0 Å². The van der Waals surface area contributed by atoms with Gasteiger partial charge in [-0.2, -0.15) is 0 Å². The highest BCUT2D eigenvalue weighted by Crippen LogP contribution is 2.12. The van der Waals surface area contributed by atoms with Crippen LogP contribution in [0.2, 0.25) is 0 Å². The number of carbonyl (C=O) groups is 2. The zero-order chi connectivity index (χ0) is 13.8. The monoisotopic (exact) mass is 261 g/mol. The molecule has 2 rings (SSSR count). The van der Waals surface area contributed by atoms with Gasteiger partial charge in [0.2, 0.25) is 0 Å². The number of carboxylic acids is 1. The van der Waals surface area contributed by atoms with E-state index in [1.165, 1.54) is 13.2 Å². The second-order valence-electron chi connectivity index (χ2n) is 3.85. The number of hydrogen-bond donors (Lipinski definition) is 1. The van der Waals surface area contributed by atoms with Crippen LogP contribution in [0.5, 0.6) is 0 Å². The molecule has 0 atom stereocenters. The van der Waals surface area contributed by atoms with Gasteiger partial charge in [0.05, 0.1) is 12.7 Å². The van der Waals surface area contributed by atoms with Crippen LogP contribution in [-0.2, 0) is 11.2 Å². The van der Waals surface area contributed by atoms with Gasteiger partial charge in [0.15, 0.2) is 5.69 Å². The molecule has 0 spiro atoms. The van der Waals surface area contributed by atoms with E-state index >= 15 is 0 Å². The molecule has 0 saturated carbocycles. The fourth-order valence-electron chi connectivity index (χ4n) is 1.57. The molecule has 0 fully saturated rings. The molecular weight excluding hydrogens is 250 g/mol. The van der Waals surface area contributed by atoms with Crippen molar-refractivity contribution in [2.45, 2.75) is 6.42 Å². The first kappa shape index (κ1) is 12.8. The molecule has 0 radical (unpaired) electrons. The quantitative estimate of drug-likeness (QED) is 0.843. The number of carboxylic acid groups (broad SMARTS) is 1. The summed E-state index contributed by atoms with van der Waals surface area (Å²) in [7, 11) is 1.32. The summed E-state index contributed by atoms with van der Waals surface area (Å²) in [5.74, 6) is -1.08. The molecule has 1 N–H and O–H groups in total. The molecular formula is C13H11NO5. The van der Waals surface area contributed by atoms with Crippen LogP contribution in [0.4, 0.5) is 0 Å². The summed E-state index contributed by atoms with van der Waals surface area (Å²) >= 11 is 0. The van der Waals surface area contributed by atoms with Gasteiger partial charge in [0.25, 0.3) is 0 Å². The predicted octanol–water partition coefficient (Wildman–Crippen LogP) is 1.75. The normalized spacial score (nSPS) is 10.2. The predicted molar refractivity (Wildman–Crippen MR) is 64.0 cm³/mol. The number of benzene rings is 1. The third kappa shape index (κ3) is 2.98. The molecule has 0 saturated heterocycles. The van der Waals surface area contributed by atoms with Gasteiger partial charge in [-0.3, -0.25) is 0 Å². The Bertz CT molecular complexity index is 600. The molecule has 1 aromatic carbocycles. The fourth-order valence-corrected chi connectivity index (χ4v) is 1.57. The standard InChI is InChI=1S/C13H11NO5/c1-18-13(17)9-4-2-8(3-5-9)6-10-7-11(12(15)16)14-19-10/h2-5,7H,6H2,1H3,(H,15,16). The van der Waals surface area contributed by atoms with Gasteiger partial charge in [-0.05, 0) is 17.7 Å². The van der Waals surface area contributed by atoms with Gasteiger partial charge in [-0.1, -0.05) is 17.3 Å². The van der Waals surface area contributed by atoms with Crippen LogP contribution in [0.25, 0.3) is 0 Å². The van der Waals surface area contributed by atoms with E-state index < -0.39 is 11.9 Å². The lowest BCUT2D eigenvalue weighted by Gasteiger charge is -2.00. The summed E-state index contributed by atoms with van der Waals surface area (Å²) < 4.78 is 9.50. The SMILES string of the molecule is COC(=O)c1ccc(Cc2cc(C(=O)O)no2)cc1. The maximum Gasteiger partial charge on any atom is 0.358 e. The molecule has 0 amide bonds. The molecule has 1 aromatic heterocycles. The van der Waals surface area contributed by atoms with Crippen molar-refractivity contribution in [1.29, 1.82) is 0 Å². The average molecular weight is 261 g/mol. The second kappa shape index (κ2) is 5.34. The molecule has 19 heavy (non-hydrogen) atoms. The molecule has 0 unspecified atom stereocenters. The summed E-state index contributed by atoms with van der Waals surface area (Å²) in [6.45, 7) is 0. The van der Waals surface area contributed by atoms with E-state index in [1.807, 2.05) is 0 Å². The maximum absolute atomic E-state index is 11.2. The molecule has 98 valence electrons. The number of hydrogen-bond acceptors (Lipinski definition) is 5. The number of carbonyl (C=O) groups excluding carboxylic acids is 1. The van der Waals surface area contributed by atoms with Crippen molar-refractivity contribution in [1.82, 2.24) is 5.16 Å². The summed E-state index contributed by atoms with van der Waals surface area (Å²) in [6.07, 6.45) is 0.404. The minimum atomic E-state index is -1.13. The lowest BCUT2D eigenvalue weighted by Crippen LogP contribution is -2.00. The van der Waals surface area contributed by atoms with Crippen LogP contribution < -0.4 is 0 Å². The van der Waals surface area contributed by atoms with Gasteiger partial charge in [0, 0.05) is 12.5 Å². The number of esters is 1. The van der Waals surface area contributed by atoms with Gasteiger partial charge in [-0.25, -0.2) is 9.59 Å². The Morgan fingerprint density at radius 3 is 2.53 bits per heavy atom. The number of ether oxygens (including phenoxy) is 1. The van der Waals surface area contributed by atoms with Crippen LogP contribution in [0, 0.1) is 0 Å². The Kier molecular flexibility index (Phi) is 3.61. The van der Waals surface area contributed by atoms with E-state index in [2.05, 4.69) is 9.89 Å². The third-order valence-corrected chi connectivity index (χ3v) is 2.53. The lowest BCUT2D eigenvalue weighted by atomic mass is 10.1. The Balaban J connectivity index is 2.10. The van der Waals surface area contributed by atoms with Gasteiger partial charge in [0.1, 0.15) is 5.76 Å². The van der Waals surface area contributed by atoms with E-state index in [0.29, 0.717) is 17.7 Å². The first-order valence-electron chi connectivity index (χ1n) is 5.46. The van der Waals surface area contributed by atoms with Crippen molar-refractivity contribution in [3.8, 4) is 0 Å². The number of methoxy groups -OCH3 is 1. The van der Waals surface area contributed by atoms with Crippen molar-refractivity contribution >= 4 is 11.9 Å². The highest BCUT2D eigenvalue weighted by Gasteiger charge is 2.11. The molecule has 6 heteroatoms. The minimum absolute atomic E-state index is 0.124. The average Bonchev–Trinajstić information content (AvgIpc) is 2.87. The molecule has 0 aliphatic rings. The van der Waals surface area contributed by atoms with Crippen molar-refractivity contribution < 1.29 is 24.0 Å². The first-order valence-corrected chi connectivity index (χ1v) is 5.46. The zero-order valence-electron chi connectivity index (χ0n) is 10.1. The Morgan fingerprint density at radius 2 is 2.00 bits per heavy atom. The summed E-state index contributed by atoms with van der Waals surface area (Å²) in [5.41, 5.74) is 1.21. The molecule has 1 heterocycles. The molecule has 0 aliphatic heterocycles. The van der Waals surface area contributed by atoms with Crippen molar-refractivity contribution in [3.63, 3.8) is 0 Å². The zero-order valence-corrected chi connectivity index (χ0v) is 10.1. The van der Waals surface area contributed by atoms with Gasteiger partial charge < -0.3 is 14.4 Å². The lowest BCUT2D eigenvalue weighted by molar-refractivity contribution is 0.0599.